The van der Waals surface area contributed by atoms with E-state index in [1.807, 2.05) is 12.1 Å². The number of sulfone groups is 1. The second-order valence-electron chi connectivity index (χ2n) is 5.41. The largest absolute Gasteiger partial charge is 0.355 e. The maximum absolute atomic E-state index is 12.2. The standard InChI is InChI=1S/C18H23N3O2S.HI/c1-15-8-6-7-9-16(15)14-21-18(19-2)20-12-13-24(22,23)17-10-4-3-5-11-17;/h3-11H,12-14H2,1-2H3,(H2,19,20,21);1H. The van der Waals surface area contributed by atoms with Gasteiger partial charge in [-0.1, -0.05) is 42.5 Å². The third-order valence-corrected chi connectivity index (χ3v) is 5.43. The Morgan fingerprint density at radius 1 is 1.00 bits per heavy atom. The molecule has 0 aliphatic heterocycles. The van der Waals surface area contributed by atoms with Gasteiger partial charge in [0.15, 0.2) is 15.8 Å². The van der Waals surface area contributed by atoms with E-state index in [2.05, 4.69) is 34.7 Å². The zero-order chi connectivity index (χ0) is 17.4. The molecule has 0 atom stereocenters. The minimum absolute atomic E-state index is 0. The summed E-state index contributed by atoms with van der Waals surface area (Å²) in [4.78, 5) is 4.47. The molecule has 136 valence electrons. The van der Waals surface area contributed by atoms with Crippen molar-refractivity contribution >= 4 is 39.8 Å². The Morgan fingerprint density at radius 3 is 2.28 bits per heavy atom. The predicted molar refractivity (Wildman–Crippen MR) is 113 cm³/mol. The van der Waals surface area contributed by atoms with Gasteiger partial charge in [0.2, 0.25) is 0 Å². The number of rotatable bonds is 6. The molecule has 0 spiro atoms. The Labute approximate surface area is 166 Å². The van der Waals surface area contributed by atoms with Crippen LogP contribution in [0.4, 0.5) is 0 Å². The van der Waals surface area contributed by atoms with E-state index in [0.29, 0.717) is 23.9 Å². The Morgan fingerprint density at radius 2 is 1.64 bits per heavy atom. The first-order chi connectivity index (χ1) is 11.5. The molecule has 0 aliphatic rings. The van der Waals surface area contributed by atoms with E-state index in [-0.39, 0.29) is 29.7 Å². The maximum atomic E-state index is 12.2. The van der Waals surface area contributed by atoms with Crippen LogP contribution in [-0.2, 0) is 16.4 Å². The molecule has 2 aromatic rings. The van der Waals surface area contributed by atoms with Gasteiger partial charge in [0, 0.05) is 20.1 Å². The molecular weight excluding hydrogens is 449 g/mol. The summed E-state index contributed by atoms with van der Waals surface area (Å²) < 4.78 is 24.5. The van der Waals surface area contributed by atoms with Crippen LogP contribution >= 0.6 is 24.0 Å². The van der Waals surface area contributed by atoms with E-state index in [1.165, 1.54) is 11.1 Å². The van der Waals surface area contributed by atoms with E-state index < -0.39 is 9.84 Å². The number of guanidine groups is 1. The Kier molecular flexibility index (Phi) is 8.91. The molecule has 0 amide bonds. The molecule has 0 heterocycles. The summed E-state index contributed by atoms with van der Waals surface area (Å²) in [6, 6.07) is 16.6. The average molecular weight is 473 g/mol. The van der Waals surface area contributed by atoms with Gasteiger partial charge in [0.25, 0.3) is 0 Å². The highest BCUT2D eigenvalue weighted by Gasteiger charge is 2.13. The second kappa shape index (κ2) is 10.4. The number of hydrogen-bond donors (Lipinski definition) is 2. The summed E-state index contributed by atoms with van der Waals surface area (Å²) in [5.41, 5.74) is 2.38. The lowest BCUT2D eigenvalue weighted by Gasteiger charge is -2.13. The van der Waals surface area contributed by atoms with Crippen LogP contribution in [0.2, 0.25) is 0 Å². The Bertz CT molecular complexity index is 793. The van der Waals surface area contributed by atoms with Gasteiger partial charge in [-0.2, -0.15) is 0 Å². The van der Waals surface area contributed by atoms with Crippen molar-refractivity contribution in [3.05, 3.63) is 65.7 Å². The lowest BCUT2D eigenvalue weighted by atomic mass is 10.1. The first-order valence-electron chi connectivity index (χ1n) is 7.80. The highest BCUT2D eigenvalue weighted by atomic mass is 127. The number of hydrogen-bond acceptors (Lipinski definition) is 3. The summed E-state index contributed by atoms with van der Waals surface area (Å²) in [7, 11) is -1.62. The molecule has 2 N–H and O–H groups in total. The summed E-state index contributed by atoms with van der Waals surface area (Å²) in [5, 5.41) is 6.24. The molecule has 0 fully saturated rings. The Hall–Kier alpha value is -1.61. The summed E-state index contributed by atoms with van der Waals surface area (Å²) in [5.74, 6) is 0.601. The van der Waals surface area contributed by atoms with Crippen molar-refractivity contribution in [3.63, 3.8) is 0 Å². The zero-order valence-electron chi connectivity index (χ0n) is 14.4. The van der Waals surface area contributed by atoms with Crippen molar-refractivity contribution in [3.8, 4) is 0 Å². The van der Waals surface area contributed by atoms with E-state index in [1.54, 1.807) is 37.4 Å². The van der Waals surface area contributed by atoms with Gasteiger partial charge in [-0.3, -0.25) is 4.99 Å². The van der Waals surface area contributed by atoms with Crippen LogP contribution in [-0.4, -0.2) is 33.7 Å². The highest BCUT2D eigenvalue weighted by Crippen LogP contribution is 2.09. The van der Waals surface area contributed by atoms with Gasteiger partial charge in [-0.25, -0.2) is 8.42 Å². The van der Waals surface area contributed by atoms with Crippen LogP contribution in [0.5, 0.6) is 0 Å². The molecule has 25 heavy (non-hydrogen) atoms. The van der Waals surface area contributed by atoms with Gasteiger partial charge in [-0.15, -0.1) is 24.0 Å². The SMILES string of the molecule is CN=C(NCCS(=O)(=O)c1ccccc1)NCc1ccccc1C.I. The normalized spacial score (nSPS) is 11.5. The van der Waals surface area contributed by atoms with Crippen molar-refractivity contribution in [1.29, 1.82) is 0 Å². The zero-order valence-corrected chi connectivity index (χ0v) is 17.5. The molecule has 0 bridgehead atoms. The first-order valence-corrected chi connectivity index (χ1v) is 9.45. The number of nitrogens with zero attached hydrogens (tertiary/aromatic N) is 1. The number of benzene rings is 2. The molecule has 2 aromatic carbocycles. The van der Waals surface area contributed by atoms with Crippen molar-refractivity contribution in [2.75, 3.05) is 19.3 Å². The van der Waals surface area contributed by atoms with Gasteiger partial charge in [-0.05, 0) is 30.2 Å². The van der Waals surface area contributed by atoms with Gasteiger partial charge < -0.3 is 10.6 Å². The number of nitrogens with one attached hydrogen (secondary N) is 2. The number of aliphatic imine (C=N–C) groups is 1. The quantitative estimate of drug-likeness (QED) is 0.385. The molecule has 7 heteroatoms. The molecule has 0 saturated heterocycles. The second-order valence-corrected chi connectivity index (χ2v) is 7.52. The Balaban J connectivity index is 0.00000312. The van der Waals surface area contributed by atoms with Crippen LogP contribution in [0.1, 0.15) is 11.1 Å². The predicted octanol–water partition coefficient (Wildman–Crippen LogP) is 2.75. The lowest BCUT2D eigenvalue weighted by Crippen LogP contribution is -2.39. The van der Waals surface area contributed by atoms with E-state index in [4.69, 9.17) is 0 Å². The third-order valence-electron chi connectivity index (χ3n) is 3.70. The fourth-order valence-electron chi connectivity index (χ4n) is 2.26. The van der Waals surface area contributed by atoms with Crippen LogP contribution in [0.25, 0.3) is 0 Å². The fraction of sp³-hybridized carbons (Fsp3) is 0.278. The molecule has 2 rings (SSSR count). The van der Waals surface area contributed by atoms with Gasteiger partial charge in [0.05, 0.1) is 10.6 Å². The van der Waals surface area contributed by atoms with Crippen LogP contribution in [0.15, 0.2) is 64.5 Å². The van der Waals surface area contributed by atoms with Crippen molar-refractivity contribution in [2.24, 2.45) is 4.99 Å². The molecule has 5 nitrogen and oxygen atoms in total. The van der Waals surface area contributed by atoms with Gasteiger partial charge >= 0.3 is 0 Å². The number of halogens is 1. The third kappa shape index (κ3) is 6.66. The van der Waals surface area contributed by atoms with E-state index in [9.17, 15) is 8.42 Å². The van der Waals surface area contributed by atoms with Crippen molar-refractivity contribution < 1.29 is 8.42 Å². The van der Waals surface area contributed by atoms with Crippen LogP contribution < -0.4 is 10.6 Å². The minimum Gasteiger partial charge on any atom is -0.355 e. The van der Waals surface area contributed by atoms with E-state index in [0.717, 1.165) is 0 Å². The van der Waals surface area contributed by atoms with Crippen molar-refractivity contribution in [2.45, 2.75) is 18.4 Å². The number of aryl methyl sites for hydroxylation is 1. The smallest absolute Gasteiger partial charge is 0.191 e. The summed E-state index contributed by atoms with van der Waals surface area (Å²) >= 11 is 0. The minimum atomic E-state index is -3.28. The lowest BCUT2D eigenvalue weighted by molar-refractivity contribution is 0.594. The molecule has 0 saturated carbocycles. The molecular formula is C18H24IN3O2S. The molecule has 0 radical (unpaired) electrons. The molecule has 0 aromatic heterocycles. The fourth-order valence-corrected chi connectivity index (χ4v) is 3.44. The maximum Gasteiger partial charge on any atom is 0.191 e. The summed E-state index contributed by atoms with van der Waals surface area (Å²) in [6.07, 6.45) is 0. The molecule has 0 unspecified atom stereocenters. The average Bonchev–Trinajstić information content (AvgIpc) is 2.60. The van der Waals surface area contributed by atoms with Crippen LogP contribution in [0, 0.1) is 6.92 Å². The highest BCUT2D eigenvalue weighted by molar-refractivity contribution is 14.0. The monoisotopic (exact) mass is 473 g/mol. The van der Waals surface area contributed by atoms with Crippen LogP contribution in [0.3, 0.4) is 0 Å². The summed E-state index contributed by atoms with van der Waals surface area (Å²) in [6.45, 7) is 2.99. The molecule has 0 aliphatic carbocycles. The first kappa shape index (κ1) is 21.4. The van der Waals surface area contributed by atoms with Crippen molar-refractivity contribution in [1.82, 2.24) is 10.6 Å². The topological polar surface area (TPSA) is 70.6 Å². The van der Waals surface area contributed by atoms with Gasteiger partial charge in [0.1, 0.15) is 0 Å². The van der Waals surface area contributed by atoms with E-state index >= 15 is 0 Å².